The second kappa shape index (κ2) is 12.4. The van der Waals surface area contributed by atoms with Crippen LogP contribution in [0.1, 0.15) is 73.5 Å². The van der Waals surface area contributed by atoms with Crippen molar-refractivity contribution >= 4 is 46.7 Å². The Morgan fingerprint density at radius 1 is 1.08 bits per heavy atom. The highest BCUT2D eigenvalue weighted by Gasteiger charge is 2.35. The lowest BCUT2D eigenvalue weighted by atomic mass is 10.0. The number of fused-ring (bicyclic) bond motifs is 1. The van der Waals surface area contributed by atoms with Crippen LogP contribution in [0, 0.1) is 20.8 Å². The molecule has 15 heteroatoms. The molecule has 0 spiro atoms. The van der Waals surface area contributed by atoms with Gasteiger partial charge in [0.2, 0.25) is 0 Å². The molecule has 1 atom stereocenters. The van der Waals surface area contributed by atoms with Crippen LogP contribution in [0.25, 0.3) is 17.3 Å². The van der Waals surface area contributed by atoms with Gasteiger partial charge in [-0.15, -0.1) is 0 Å². The molecule has 0 radical (unpaired) electrons. The highest BCUT2D eigenvalue weighted by molar-refractivity contribution is 6.35. The number of imidazole rings is 1. The van der Waals surface area contributed by atoms with E-state index in [9.17, 15) is 37.5 Å². The molecule has 254 valence electrons. The number of carbonyl (C=O) groups excluding carboxylic acids is 3. The number of rotatable bonds is 8. The number of hydrogen-bond donors (Lipinski definition) is 4. The first kappa shape index (κ1) is 33.2. The summed E-state index contributed by atoms with van der Waals surface area (Å²) in [4.78, 5) is 57.5. The van der Waals surface area contributed by atoms with E-state index in [1.54, 1.807) is 31.4 Å². The summed E-state index contributed by atoms with van der Waals surface area (Å²) < 4.78 is 44.2. The van der Waals surface area contributed by atoms with E-state index in [1.165, 1.54) is 41.4 Å². The molecule has 0 bridgehead atoms. The summed E-state index contributed by atoms with van der Waals surface area (Å²) in [6, 6.07) is 7.51. The van der Waals surface area contributed by atoms with Crippen LogP contribution < -0.4 is 16.4 Å². The number of hydrogen-bond acceptors (Lipinski definition) is 6. The average molecular weight is 676 g/mol. The number of anilines is 2. The molecule has 4 aromatic rings. The van der Waals surface area contributed by atoms with Gasteiger partial charge in [0.1, 0.15) is 0 Å². The van der Waals surface area contributed by atoms with Gasteiger partial charge in [-0.25, -0.2) is 9.78 Å². The van der Waals surface area contributed by atoms with E-state index in [0.717, 1.165) is 25.0 Å². The Bertz CT molecular complexity index is 2070. The van der Waals surface area contributed by atoms with Crippen molar-refractivity contribution in [2.45, 2.75) is 46.0 Å². The summed E-state index contributed by atoms with van der Waals surface area (Å²) in [6.45, 7) is 6.05. The third kappa shape index (κ3) is 6.20. The molecule has 2 aliphatic heterocycles. The zero-order valence-corrected chi connectivity index (χ0v) is 26.7. The molecule has 1 unspecified atom stereocenters. The zero-order chi connectivity index (χ0) is 35.4. The van der Waals surface area contributed by atoms with Crippen LogP contribution in [0.2, 0.25) is 0 Å². The van der Waals surface area contributed by atoms with Crippen LogP contribution in [0.5, 0.6) is 0 Å². The molecule has 4 heterocycles. The van der Waals surface area contributed by atoms with E-state index < -0.39 is 41.6 Å². The lowest BCUT2D eigenvalue weighted by Gasteiger charge is -2.29. The van der Waals surface area contributed by atoms with Crippen LogP contribution in [0.15, 0.2) is 48.9 Å². The number of nitrogens with one attached hydrogen (secondary N) is 2. The number of alkyl halides is 3. The SMILES string of the molecule is Cc1cn(-c2cc(C(=O)Nc3ccc4c(c3)NC(=O)C4=Cc3c(C)c(C(=O)O)c(C)n3C(C(N)=O)N3CCCC3)cc(C(F)(F)F)c2)cn1. The van der Waals surface area contributed by atoms with Crippen molar-refractivity contribution in [3.8, 4) is 5.69 Å². The number of carboxylic acid groups (broad SMARTS) is 1. The Hall–Kier alpha value is -5.70. The number of carboxylic acids is 1. The number of nitrogens with zero attached hydrogens (tertiary/aromatic N) is 4. The first-order valence-electron chi connectivity index (χ1n) is 15.3. The van der Waals surface area contributed by atoms with Gasteiger partial charge >= 0.3 is 12.1 Å². The van der Waals surface area contributed by atoms with Gasteiger partial charge in [0.25, 0.3) is 17.7 Å². The molecule has 1 saturated heterocycles. The Morgan fingerprint density at radius 2 is 1.80 bits per heavy atom. The number of benzene rings is 2. The second-order valence-electron chi connectivity index (χ2n) is 12.1. The summed E-state index contributed by atoms with van der Waals surface area (Å²) in [5.74, 6) is -3.19. The lowest BCUT2D eigenvalue weighted by molar-refractivity contribution is -0.137. The zero-order valence-electron chi connectivity index (χ0n) is 26.7. The van der Waals surface area contributed by atoms with E-state index in [4.69, 9.17) is 5.73 Å². The van der Waals surface area contributed by atoms with Gasteiger partial charge in [-0.3, -0.25) is 19.3 Å². The van der Waals surface area contributed by atoms with Crippen molar-refractivity contribution in [3.05, 3.63) is 93.8 Å². The van der Waals surface area contributed by atoms with E-state index in [0.29, 0.717) is 47.0 Å². The summed E-state index contributed by atoms with van der Waals surface area (Å²) >= 11 is 0. The predicted octanol–water partition coefficient (Wildman–Crippen LogP) is 5.14. The minimum absolute atomic E-state index is 0.00471. The molecule has 5 N–H and O–H groups in total. The first-order valence-corrected chi connectivity index (χ1v) is 15.3. The van der Waals surface area contributed by atoms with Gasteiger partial charge in [-0.2, -0.15) is 13.2 Å². The number of primary amides is 1. The van der Waals surface area contributed by atoms with E-state index in [1.807, 2.05) is 4.90 Å². The summed E-state index contributed by atoms with van der Waals surface area (Å²) in [5, 5.41) is 15.3. The third-order valence-electron chi connectivity index (χ3n) is 8.80. The number of halogens is 3. The smallest absolute Gasteiger partial charge is 0.416 e. The fraction of sp³-hybridized carbons (Fsp3) is 0.265. The van der Waals surface area contributed by atoms with Crippen molar-refractivity contribution in [2.75, 3.05) is 23.7 Å². The van der Waals surface area contributed by atoms with Crippen LogP contribution in [0.3, 0.4) is 0 Å². The number of aromatic carboxylic acids is 1. The molecular weight excluding hydrogens is 643 g/mol. The maximum atomic E-state index is 13.8. The number of aromatic nitrogens is 3. The number of likely N-dealkylation sites (tertiary alicyclic amines) is 1. The quantitative estimate of drug-likeness (QED) is 0.188. The Balaban J connectivity index is 1.35. The van der Waals surface area contributed by atoms with E-state index in [2.05, 4.69) is 15.6 Å². The minimum Gasteiger partial charge on any atom is -0.478 e. The first-order chi connectivity index (χ1) is 23.1. The topological polar surface area (TPSA) is 165 Å². The van der Waals surface area contributed by atoms with Crippen molar-refractivity contribution in [1.29, 1.82) is 0 Å². The fourth-order valence-electron chi connectivity index (χ4n) is 6.52. The Labute approximate surface area is 278 Å². The van der Waals surface area contributed by atoms with Crippen LogP contribution in [-0.2, 0) is 15.8 Å². The normalized spacial score (nSPS) is 16.1. The van der Waals surface area contributed by atoms with Gasteiger partial charge in [0, 0.05) is 53.2 Å². The van der Waals surface area contributed by atoms with Crippen LogP contribution in [-0.4, -0.2) is 60.9 Å². The van der Waals surface area contributed by atoms with Gasteiger partial charge in [0.05, 0.1) is 34.4 Å². The minimum atomic E-state index is -4.71. The maximum Gasteiger partial charge on any atom is 0.416 e. The average Bonchev–Trinajstić information content (AvgIpc) is 3.81. The Morgan fingerprint density at radius 3 is 2.41 bits per heavy atom. The molecule has 3 amide bonds. The largest absolute Gasteiger partial charge is 0.478 e. The lowest BCUT2D eigenvalue weighted by Crippen LogP contribution is -2.41. The van der Waals surface area contributed by atoms with Gasteiger partial charge in [0.15, 0.2) is 6.17 Å². The maximum absolute atomic E-state index is 13.8. The molecule has 2 aromatic heterocycles. The summed E-state index contributed by atoms with van der Waals surface area (Å²) in [5.41, 5.74) is 7.38. The van der Waals surface area contributed by atoms with E-state index in [-0.39, 0.29) is 28.1 Å². The monoisotopic (exact) mass is 675 g/mol. The van der Waals surface area contributed by atoms with Gasteiger partial charge < -0.3 is 30.6 Å². The van der Waals surface area contributed by atoms with Crippen molar-refractivity contribution < 1.29 is 37.5 Å². The molecule has 12 nitrogen and oxygen atoms in total. The fourth-order valence-corrected chi connectivity index (χ4v) is 6.52. The molecule has 2 aliphatic rings. The van der Waals surface area contributed by atoms with Crippen molar-refractivity contribution in [1.82, 2.24) is 19.0 Å². The Kier molecular flexibility index (Phi) is 8.40. The molecule has 2 aromatic carbocycles. The second-order valence-corrected chi connectivity index (χ2v) is 12.1. The standard InChI is InChI=1S/C34H32F3N7O5/c1-17-15-43(16-39-17)23-11-20(10-21(12-23)34(35,36)37)30(46)40-22-6-7-24-25(31(47)41-26(24)13-22)14-27-18(2)28(33(48)49)19(3)44(27)32(29(38)45)42-8-4-5-9-42/h6-7,10-16,32H,4-5,8-9H2,1-3H3,(H2,38,45)(H,40,46)(H,41,47)(H,48,49). The molecule has 49 heavy (non-hydrogen) atoms. The highest BCUT2D eigenvalue weighted by Crippen LogP contribution is 2.38. The van der Waals surface area contributed by atoms with Gasteiger partial charge in [-0.05, 0) is 75.6 Å². The molecule has 1 fully saturated rings. The van der Waals surface area contributed by atoms with Crippen molar-refractivity contribution in [3.63, 3.8) is 0 Å². The molecule has 6 rings (SSSR count). The van der Waals surface area contributed by atoms with Crippen molar-refractivity contribution in [2.24, 2.45) is 5.73 Å². The number of carbonyl (C=O) groups is 4. The third-order valence-corrected chi connectivity index (χ3v) is 8.80. The highest BCUT2D eigenvalue weighted by atomic mass is 19.4. The summed E-state index contributed by atoms with van der Waals surface area (Å²) in [7, 11) is 0. The summed E-state index contributed by atoms with van der Waals surface area (Å²) in [6.07, 6.45) is 0.407. The molecule has 0 saturated carbocycles. The predicted molar refractivity (Wildman–Crippen MR) is 174 cm³/mol. The molecule has 0 aliphatic carbocycles. The number of amides is 3. The van der Waals surface area contributed by atoms with E-state index >= 15 is 0 Å². The molecular formula is C34H32F3N7O5. The van der Waals surface area contributed by atoms with Crippen LogP contribution >= 0.6 is 0 Å². The number of aryl methyl sites for hydroxylation is 1. The number of nitrogens with two attached hydrogens (primary N) is 1. The van der Waals surface area contributed by atoms with Gasteiger partial charge in [-0.1, -0.05) is 6.07 Å². The van der Waals surface area contributed by atoms with Crippen LogP contribution in [0.4, 0.5) is 24.5 Å².